The Labute approximate surface area is 106 Å². The second-order valence-corrected chi connectivity index (χ2v) is 5.12. The highest BCUT2D eigenvalue weighted by Crippen LogP contribution is 2.33. The van der Waals surface area contributed by atoms with Gasteiger partial charge >= 0.3 is 5.97 Å². The molecule has 0 aromatic heterocycles. The van der Waals surface area contributed by atoms with Crippen molar-refractivity contribution in [2.75, 3.05) is 19.8 Å². The maximum Gasteiger partial charge on any atom is 0.305 e. The Balaban J connectivity index is 1.90. The number of carboxylic acids is 1. The molecule has 2 aliphatic rings. The number of carboxylic acid groups (broad SMARTS) is 1. The van der Waals surface area contributed by atoms with Crippen molar-refractivity contribution in [1.29, 1.82) is 0 Å². The summed E-state index contributed by atoms with van der Waals surface area (Å²) in [5.74, 6) is -0.466. The third-order valence-electron chi connectivity index (χ3n) is 3.60. The van der Waals surface area contributed by atoms with E-state index in [0.29, 0.717) is 32.1 Å². The van der Waals surface area contributed by atoms with E-state index in [1.165, 1.54) is 0 Å². The number of aliphatic carboxylic acids is 1. The molecule has 1 saturated carbocycles. The summed E-state index contributed by atoms with van der Waals surface area (Å²) in [6.07, 6.45) is 2.47. The molecule has 1 aliphatic carbocycles. The van der Waals surface area contributed by atoms with Gasteiger partial charge in [0.05, 0.1) is 25.7 Å². The van der Waals surface area contributed by atoms with Gasteiger partial charge in [-0.25, -0.2) is 0 Å². The van der Waals surface area contributed by atoms with Crippen LogP contribution in [-0.2, 0) is 14.3 Å². The number of ether oxygens (including phenoxy) is 1. The highest BCUT2D eigenvalue weighted by molar-refractivity contribution is 5.78. The van der Waals surface area contributed by atoms with Gasteiger partial charge in [0.1, 0.15) is 0 Å². The molecule has 2 atom stereocenters. The molecule has 6 heteroatoms. The second-order valence-electron chi connectivity index (χ2n) is 5.12. The van der Waals surface area contributed by atoms with Gasteiger partial charge in [-0.05, 0) is 18.8 Å². The third kappa shape index (κ3) is 3.43. The van der Waals surface area contributed by atoms with E-state index in [4.69, 9.17) is 15.6 Å². The van der Waals surface area contributed by atoms with Gasteiger partial charge in [0.25, 0.3) is 0 Å². The number of carbonyl (C=O) groups is 2. The fourth-order valence-electron chi connectivity index (χ4n) is 2.36. The largest absolute Gasteiger partial charge is 0.481 e. The first-order chi connectivity index (χ1) is 8.58. The predicted molar refractivity (Wildman–Crippen MR) is 63.9 cm³/mol. The van der Waals surface area contributed by atoms with Crippen molar-refractivity contribution in [3.8, 4) is 0 Å². The van der Waals surface area contributed by atoms with E-state index in [9.17, 15) is 9.59 Å². The van der Waals surface area contributed by atoms with E-state index in [2.05, 4.69) is 0 Å². The van der Waals surface area contributed by atoms with E-state index >= 15 is 0 Å². The third-order valence-corrected chi connectivity index (χ3v) is 3.60. The minimum atomic E-state index is -0.908. The van der Waals surface area contributed by atoms with Gasteiger partial charge in [0.2, 0.25) is 5.91 Å². The molecule has 1 amide bonds. The minimum absolute atomic E-state index is 0.0380. The van der Waals surface area contributed by atoms with Gasteiger partial charge in [-0.2, -0.15) is 0 Å². The van der Waals surface area contributed by atoms with Gasteiger partial charge in [0, 0.05) is 19.0 Å². The van der Waals surface area contributed by atoms with Crippen LogP contribution >= 0.6 is 0 Å². The lowest BCUT2D eigenvalue weighted by molar-refractivity contribution is -0.146. The summed E-state index contributed by atoms with van der Waals surface area (Å²) in [6, 6.07) is -0.430. The first-order valence-electron chi connectivity index (χ1n) is 6.42. The summed E-state index contributed by atoms with van der Waals surface area (Å²) >= 11 is 0. The van der Waals surface area contributed by atoms with Crippen LogP contribution in [-0.4, -0.2) is 53.7 Å². The fourth-order valence-corrected chi connectivity index (χ4v) is 2.36. The van der Waals surface area contributed by atoms with E-state index in [0.717, 1.165) is 12.8 Å². The SMILES string of the molecule is NC(CC(=O)N1CCOCC1CC(=O)O)C1CC1. The number of hydrogen-bond acceptors (Lipinski definition) is 4. The van der Waals surface area contributed by atoms with Gasteiger partial charge in [-0.3, -0.25) is 9.59 Å². The quantitative estimate of drug-likeness (QED) is 0.711. The van der Waals surface area contributed by atoms with Crippen molar-refractivity contribution in [1.82, 2.24) is 4.90 Å². The normalized spacial score (nSPS) is 25.8. The molecule has 1 heterocycles. The summed E-state index contributed by atoms with van der Waals surface area (Å²) in [7, 11) is 0. The summed E-state index contributed by atoms with van der Waals surface area (Å²) in [4.78, 5) is 24.5. The molecule has 1 aliphatic heterocycles. The number of nitrogens with two attached hydrogens (primary N) is 1. The number of rotatable bonds is 5. The van der Waals surface area contributed by atoms with Crippen molar-refractivity contribution in [3.63, 3.8) is 0 Å². The standard InChI is InChI=1S/C12H20N2O4/c13-10(8-1-2-8)6-11(15)14-3-4-18-7-9(14)5-12(16)17/h8-10H,1-7,13H2,(H,16,17). The Morgan fingerprint density at radius 1 is 1.44 bits per heavy atom. The molecule has 0 aromatic carbocycles. The molecule has 18 heavy (non-hydrogen) atoms. The molecule has 0 radical (unpaired) electrons. The van der Waals surface area contributed by atoms with Crippen LogP contribution in [0.15, 0.2) is 0 Å². The molecule has 2 rings (SSSR count). The van der Waals surface area contributed by atoms with Gasteiger partial charge < -0.3 is 20.5 Å². The zero-order chi connectivity index (χ0) is 13.1. The van der Waals surface area contributed by atoms with Crippen molar-refractivity contribution in [2.24, 2.45) is 11.7 Å². The summed E-state index contributed by atoms with van der Waals surface area (Å²) in [5, 5.41) is 8.83. The molecule has 102 valence electrons. The number of nitrogens with zero attached hydrogens (tertiary/aromatic N) is 1. The van der Waals surface area contributed by atoms with Crippen LogP contribution in [0.3, 0.4) is 0 Å². The zero-order valence-electron chi connectivity index (χ0n) is 10.4. The molecule has 3 N–H and O–H groups in total. The van der Waals surface area contributed by atoms with Gasteiger partial charge in [-0.15, -0.1) is 0 Å². The van der Waals surface area contributed by atoms with Crippen LogP contribution in [0.25, 0.3) is 0 Å². The second kappa shape index (κ2) is 5.67. The van der Waals surface area contributed by atoms with Crippen LogP contribution in [0.2, 0.25) is 0 Å². The average Bonchev–Trinajstić information content (AvgIpc) is 3.12. The van der Waals surface area contributed by atoms with Crippen LogP contribution in [0.4, 0.5) is 0 Å². The number of carbonyl (C=O) groups excluding carboxylic acids is 1. The van der Waals surface area contributed by atoms with E-state index < -0.39 is 5.97 Å². The average molecular weight is 256 g/mol. The summed E-state index contributed by atoms with van der Waals surface area (Å²) in [6.45, 7) is 1.24. The Hall–Kier alpha value is -1.14. The van der Waals surface area contributed by atoms with Crippen LogP contribution in [0.1, 0.15) is 25.7 Å². The zero-order valence-corrected chi connectivity index (χ0v) is 10.4. The fraction of sp³-hybridized carbons (Fsp3) is 0.833. The molecule has 2 unspecified atom stereocenters. The molecule has 0 aromatic rings. The topological polar surface area (TPSA) is 92.9 Å². The Morgan fingerprint density at radius 3 is 2.78 bits per heavy atom. The molecule has 0 bridgehead atoms. The molecule has 0 spiro atoms. The maximum atomic E-state index is 12.1. The van der Waals surface area contributed by atoms with Crippen LogP contribution in [0.5, 0.6) is 0 Å². The molecule has 6 nitrogen and oxygen atoms in total. The van der Waals surface area contributed by atoms with Crippen molar-refractivity contribution in [3.05, 3.63) is 0 Å². The maximum absolute atomic E-state index is 12.1. The predicted octanol–water partition coefficient (Wildman–Crippen LogP) is -0.184. The van der Waals surface area contributed by atoms with Crippen LogP contribution in [0, 0.1) is 5.92 Å². The summed E-state index contributed by atoms with van der Waals surface area (Å²) < 4.78 is 5.24. The first-order valence-corrected chi connectivity index (χ1v) is 6.42. The minimum Gasteiger partial charge on any atom is -0.481 e. The molecular weight excluding hydrogens is 236 g/mol. The Kier molecular flexibility index (Phi) is 4.19. The molecule has 1 saturated heterocycles. The molecule has 2 fully saturated rings. The lowest BCUT2D eigenvalue weighted by atomic mass is 10.1. The van der Waals surface area contributed by atoms with E-state index in [1.54, 1.807) is 4.90 Å². The van der Waals surface area contributed by atoms with Crippen molar-refractivity contribution < 1.29 is 19.4 Å². The van der Waals surface area contributed by atoms with Crippen LogP contribution < -0.4 is 5.73 Å². The summed E-state index contributed by atoms with van der Waals surface area (Å²) in [5.41, 5.74) is 5.94. The van der Waals surface area contributed by atoms with E-state index in [-0.39, 0.29) is 24.4 Å². The molecular formula is C12H20N2O4. The number of amides is 1. The lowest BCUT2D eigenvalue weighted by Crippen LogP contribution is -2.50. The number of hydrogen-bond donors (Lipinski definition) is 2. The van der Waals surface area contributed by atoms with Crippen molar-refractivity contribution >= 4 is 11.9 Å². The van der Waals surface area contributed by atoms with Gasteiger partial charge in [-0.1, -0.05) is 0 Å². The lowest BCUT2D eigenvalue weighted by Gasteiger charge is -2.35. The Bertz CT molecular complexity index is 330. The van der Waals surface area contributed by atoms with E-state index in [1.807, 2.05) is 0 Å². The highest BCUT2D eigenvalue weighted by Gasteiger charge is 2.34. The number of morpholine rings is 1. The Morgan fingerprint density at radius 2 is 2.17 bits per heavy atom. The smallest absolute Gasteiger partial charge is 0.305 e. The van der Waals surface area contributed by atoms with Gasteiger partial charge in [0.15, 0.2) is 0 Å². The monoisotopic (exact) mass is 256 g/mol. The van der Waals surface area contributed by atoms with Crippen molar-refractivity contribution in [2.45, 2.75) is 37.8 Å². The first kappa shape index (κ1) is 13.3. The highest BCUT2D eigenvalue weighted by atomic mass is 16.5.